The summed E-state index contributed by atoms with van der Waals surface area (Å²) in [7, 11) is 0. The van der Waals surface area contributed by atoms with Crippen LogP contribution in [0.4, 0.5) is 0 Å². The van der Waals surface area contributed by atoms with Gasteiger partial charge in [0, 0.05) is 24.0 Å². The van der Waals surface area contributed by atoms with Crippen molar-refractivity contribution < 1.29 is 8.76 Å². The maximum atomic E-state index is 10.2. The molecule has 0 saturated carbocycles. The highest BCUT2D eigenvalue weighted by Gasteiger charge is 1.92. The Hall–Kier alpha value is -0.350. The van der Waals surface area contributed by atoms with Crippen molar-refractivity contribution in [2.75, 3.05) is 6.54 Å². The Morgan fingerprint density at radius 1 is 1.89 bits per heavy atom. The molecule has 0 amide bonds. The van der Waals surface area contributed by atoms with Crippen LogP contribution in [0.5, 0.6) is 0 Å². The number of hydrogen-bond donors (Lipinski definition) is 0. The molecule has 0 aliphatic heterocycles. The second-order valence-corrected chi connectivity index (χ2v) is 2.44. The Morgan fingerprint density at radius 3 is 2.56 bits per heavy atom. The highest BCUT2D eigenvalue weighted by atomic mass is 32.2. The summed E-state index contributed by atoms with van der Waals surface area (Å²) in [6, 6.07) is 0. The Morgan fingerprint density at radius 2 is 2.44 bits per heavy atom. The van der Waals surface area contributed by atoms with E-state index >= 15 is 0 Å². The summed E-state index contributed by atoms with van der Waals surface area (Å²) in [4.78, 5) is 0. The standard InChI is InChI=1S/C5H11NO2S/c1-3-5-6(4-2)9(7)8/h4H,2-3,5H2,1H3,(H,7,8)/p-1. The minimum absolute atomic E-state index is 0.514. The van der Waals surface area contributed by atoms with Gasteiger partial charge in [-0.3, -0.25) is 4.21 Å². The Kier molecular flexibility index (Phi) is 4.35. The minimum atomic E-state index is -2.14. The summed E-state index contributed by atoms with van der Waals surface area (Å²) < 4.78 is 21.5. The summed E-state index contributed by atoms with van der Waals surface area (Å²) >= 11 is -2.14. The lowest BCUT2D eigenvalue weighted by Crippen LogP contribution is -2.19. The van der Waals surface area contributed by atoms with Crippen molar-refractivity contribution in [1.29, 1.82) is 0 Å². The fourth-order valence-electron chi connectivity index (χ4n) is 0.447. The molecule has 0 aromatic rings. The first-order valence-electron chi connectivity index (χ1n) is 2.71. The van der Waals surface area contributed by atoms with E-state index in [1.165, 1.54) is 6.20 Å². The smallest absolute Gasteiger partial charge is 0.0469 e. The fourth-order valence-corrected chi connectivity index (χ4v) is 0.900. The zero-order valence-corrected chi connectivity index (χ0v) is 6.19. The number of nitrogens with zero attached hydrogens (tertiary/aromatic N) is 1. The SMILES string of the molecule is C=CN(CCC)S(=O)[O-]. The molecule has 0 saturated heterocycles. The van der Waals surface area contributed by atoms with Crippen molar-refractivity contribution in [3.63, 3.8) is 0 Å². The molecule has 0 spiro atoms. The van der Waals surface area contributed by atoms with Gasteiger partial charge in [-0.05, 0) is 6.42 Å². The molecule has 54 valence electrons. The van der Waals surface area contributed by atoms with E-state index in [0.29, 0.717) is 6.54 Å². The number of hydrogen-bond acceptors (Lipinski definition) is 2. The van der Waals surface area contributed by atoms with Crippen LogP contribution in [0, 0.1) is 0 Å². The lowest BCUT2D eigenvalue weighted by Gasteiger charge is -2.20. The average Bonchev–Trinajstić information content (AvgIpc) is 1.82. The molecule has 9 heavy (non-hydrogen) atoms. The van der Waals surface area contributed by atoms with Crippen molar-refractivity contribution in [3.8, 4) is 0 Å². The highest BCUT2D eigenvalue weighted by molar-refractivity contribution is 7.76. The molecular formula is C5H10NO2S-. The van der Waals surface area contributed by atoms with Crippen molar-refractivity contribution in [1.82, 2.24) is 4.31 Å². The third-order valence-corrected chi connectivity index (χ3v) is 1.55. The van der Waals surface area contributed by atoms with Gasteiger partial charge in [-0.15, -0.1) is 0 Å². The van der Waals surface area contributed by atoms with Crippen LogP contribution in [0.15, 0.2) is 12.8 Å². The first kappa shape index (κ1) is 8.65. The van der Waals surface area contributed by atoms with E-state index in [9.17, 15) is 8.76 Å². The Bertz CT molecular complexity index is 116. The maximum Gasteiger partial charge on any atom is 0.0469 e. The zero-order chi connectivity index (χ0) is 7.28. The topological polar surface area (TPSA) is 43.4 Å². The normalized spacial score (nSPS) is 12.7. The van der Waals surface area contributed by atoms with E-state index in [1.807, 2.05) is 6.92 Å². The second-order valence-electron chi connectivity index (χ2n) is 1.54. The van der Waals surface area contributed by atoms with Gasteiger partial charge in [-0.1, -0.05) is 13.5 Å². The summed E-state index contributed by atoms with van der Waals surface area (Å²) in [6.45, 7) is 5.75. The quantitative estimate of drug-likeness (QED) is 0.549. The van der Waals surface area contributed by atoms with Gasteiger partial charge in [-0.25, -0.2) is 0 Å². The zero-order valence-electron chi connectivity index (χ0n) is 5.37. The molecule has 0 N–H and O–H groups in total. The predicted molar refractivity (Wildman–Crippen MR) is 36.1 cm³/mol. The Balaban J connectivity index is 3.68. The van der Waals surface area contributed by atoms with Crippen LogP contribution >= 0.6 is 0 Å². The molecule has 1 atom stereocenters. The summed E-state index contributed by atoms with van der Waals surface area (Å²) in [5.41, 5.74) is 0. The lowest BCUT2D eigenvalue weighted by atomic mass is 10.5. The molecule has 0 bridgehead atoms. The van der Waals surface area contributed by atoms with Crippen molar-refractivity contribution in [3.05, 3.63) is 12.8 Å². The molecule has 3 nitrogen and oxygen atoms in total. The van der Waals surface area contributed by atoms with Gasteiger partial charge in [0.15, 0.2) is 0 Å². The summed E-state index contributed by atoms with van der Waals surface area (Å²) in [5, 5.41) is 0. The van der Waals surface area contributed by atoms with Crippen molar-refractivity contribution in [2.45, 2.75) is 13.3 Å². The Labute approximate surface area is 57.8 Å². The monoisotopic (exact) mass is 148 g/mol. The van der Waals surface area contributed by atoms with E-state index in [4.69, 9.17) is 0 Å². The predicted octanol–water partition coefficient (Wildman–Crippen LogP) is 0.636. The van der Waals surface area contributed by atoms with Crippen LogP contribution in [-0.4, -0.2) is 19.6 Å². The second kappa shape index (κ2) is 4.52. The van der Waals surface area contributed by atoms with Gasteiger partial charge in [0.1, 0.15) is 0 Å². The van der Waals surface area contributed by atoms with Crippen LogP contribution in [0.2, 0.25) is 0 Å². The molecule has 0 aliphatic carbocycles. The molecule has 0 radical (unpaired) electrons. The molecule has 4 heteroatoms. The van der Waals surface area contributed by atoms with E-state index in [1.54, 1.807) is 0 Å². The van der Waals surface area contributed by atoms with Crippen LogP contribution < -0.4 is 0 Å². The highest BCUT2D eigenvalue weighted by Crippen LogP contribution is 1.92. The molecule has 1 unspecified atom stereocenters. The van der Waals surface area contributed by atoms with E-state index < -0.39 is 11.3 Å². The lowest BCUT2D eigenvalue weighted by molar-refractivity contribution is 0.455. The van der Waals surface area contributed by atoms with Crippen LogP contribution in [0.3, 0.4) is 0 Å². The molecule has 0 rings (SSSR count). The van der Waals surface area contributed by atoms with Crippen LogP contribution in [-0.2, 0) is 11.3 Å². The van der Waals surface area contributed by atoms with E-state index in [2.05, 4.69) is 6.58 Å². The molecule has 0 aliphatic rings. The van der Waals surface area contributed by atoms with Crippen LogP contribution in [0.25, 0.3) is 0 Å². The maximum absolute atomic E-state index is 10.2. The van der Waals surface area contributed by atoms with Gasteiger partial charge < -0.3 is 8.86 Å². The van der Waals surface area contributed by atoms with Crippen molar-refractivity contribution in [2.24, 2.45) is 0 Å². The van der Waals surface area contributed by atoms with Gasteiger partial charge in [0.25, 0.3) is 0 Å². The molecule has 0 heterocycles. The molecule has 0 aromatic carbocycles. The fraction of sp³-hybridized carbons (Fsp3) is 0.600. The average molecular weight is 148 g/mol. The van der Waals surface area contributed by atoms with Gasteiger partial charge in [0.05, 0.1) is 0 Å². The van der Waals surface area contributed by atoms with E-state index in [0.717, 1.165) is 10.7 Å². The van der Waals surface area contributed by atoms with Crippen molar-refractivity contribution >= 4 is 11.3 Å². The van der Waals surface area contributed by atoms with Gasteiger partial charge >= 0.3 is 0 Å². The third-order valence-electron chi connectivity index (χ3n) is 0.839. The van der Waals surface area contributed by atoms with Gasteiger partial charge in [-0.2, -0.15) is 0 Å². The largest absolute Gasteiger partial charge is 0.755 e. The molecule has 0 fully saturated rings. The molecular weight excluding hydrogens is 138 g/mol. The summed E-state index contributed by atoms with van der Waals surface area (Å²) in [6.07, 6.45) is 2.10. The first-order valence-corrected chi connectivity index (χ1v) is 3.74. The number of rotatable bonds is 4. The van der Waals surface area contributed by atoms with Gasteiger partial charge in [0.2, 0.25) is 0 Å². The minimum Gasteiger partial charge on any atom is -0.755 e. The van der Waals surface area contributed by atoms with Crippen LogP contribution in [0.1, 0.15) is 13.3 Å². The van der Waals surface area contributed by atoms with E-state index in [-0.39, 0.29) is 0 Å². The summed E-state index contributed by atoms with van der Waals surface area (Å²) in [5.74, 6) is 0. The third kappa shape index (κ3) is 3.26. The molecule has 0 aromatic heterocycles. The first-order chi connectivity index (χ1) is 4.22.